The van der Waals surface area contributed by atoms with Crippen LogP contribution in [0.5, 0.6) is 11.5 Å². The zero-order chi connectivity index (χ0) is 12.3. The van der Waals surface area contributed by atoms with Crippen molar-refractivity contribution in [3.63, 3.8) is 0 Å². The molecule has 17 heavy (non-hydrogen) atoms. The van der Waals surface area contributed by atoms with Crippen LogP contribution < -0.4 is 15.2 Å². The molecule has 1 aromatic rings. The highest BCUT2D eigenvalue weighted by Gasteiger charge is 2.26. The lowest BCUT2D eigenvalue weighted by molar-refractivity contribution is 0.0687. The topological polar surface area (TPSA) is 44.5 Å². The van der Waals surface area contributed by atoms with E-state index in [-0.39, 0.29) is 12.1 Å². The van der Waals surface area contributed by atoms with Gasteiger partial charge in [0.15, 0.2) is 11.5 Å². The van der Waals surface area contributed by atoms with Gasteiger partial charge in [-0.25, -0.2) is 0 Å². The van der Waals surface area contributed by atoms with Gasteiger partial charge in [-0.05, 0) is 30.9 Å². The minimum absolute atomic E-state index is 0.0244. The molecule has 0 amide bonds. The highest BCUT2D eigenvalue weighted by Crippen LogP contribution is 2.31. The molecule has 94 valence electrons. The smallest absolute Gasteiger partial charge is 0.161 e. The Kier molecular flexibility index (Phi) is 3.89. The van der Waals surface area contributed by atoms with Gasteiger partial charge >= 0.3 is 0 Å². The summed E-state index contributed by atoms with van der Waals surface area (Å²) >= 11 is 0. The van der Waals surface area contributed by atoms with Crippen molar-refractivity contribution < 1.29 is 9.47 Å². The number of fused-ring (bicyclic) bond motifs is 1. The lowest BCUT2D eigenvalue weighted by atomic mass is 10.00. The van der Waals surface area contributed by atoms with E-state index < -0.39 is 0 Å². The number of rotatable bonds is 4. The van der Waals surface area contributed by atoms with E-state index >= 15 is 0 Å². The molecule has 1 aromatic carbocycles. The van der Waals surface area contributed by atoms with Gasteiger partial charge in [0, 0.05) is 6.04 Å². The van der Waals surface area contributed by atoms with Crippen molar-refractivity contribution in [3.05, 3.63) is 24.3 Å². The molecule has 1 aliphatic heterocycles. The average molecular weight is 235 g/mol. The Balaban J connectivity index is 1.93. The SMILES string of the molecule is CC(C)CCC(N)C1COc2ccccc2O1. The van der Waals surface area contributed by atoms with E-state index in [2.05, 4.69) is 13.8 Å². The molecule has 0 saturated heterocycles. The summed E-state index contributed by atoms with van der Waals surface area (Å²) in [6.07, 6.45) is 2.08. The number of nitrogens with two attached hydrogens (primary N) is 1. The molecule has 0 aromatic heterocycles. The number of hydrogen-bond donors (Lipinski definition) is 1. The van der Waals surface area contributed by atoms with E-state index in [1.54, 1.807) is 0 Å². The molecule has 3 nitrogen and oxygen atoms in total. The molecule has 0 bridgehead atoms. The zero-order valence-corrected chi connectivity index (χ0v) is 10.6. The highest BCUT2D eigenvalue weighted by molar-refractivity contribution is 5.40. The molecule has 0 aliphatic carbocycles. The molecule has 2 atom stereocenters. The Morgan fingerprint density at radius 2 is 1.94 bits per heavy atom. The van der Waals surface area contributed by atoms with Crippen molar-refractivity contribution in [1.29, 1.82) is 0 Å². The van der Waals surface area contributed by atoms with E-state index in [4.69, 9.17) is 15.2 Å². The summed E-state index contributed by atoms with van der Waals surface area (Å²) in [4.78, 5) is 0. The fraction of sp³-hybridized carbons (Fsp3) is 0.571. The van der Waals surface area contributed by atoms with Gasteiger partial charge in [0.25, 0.3) is 0 Å². The number of benzene rings is 1. The van der Waals surface area contributed by atoms with Crippen LogP contribution in [0.15, 0.2) is 24.3 Å². The minimum atomic E-state index is -0.0244. The number of hydrogen-bond acceptors (Lipinski definition) is 3. The Morgan fingerprint density at radius 3 is 2.65 bits per heavy atom. The standard InChI is InChI=1S/C14H21NO2/c1-10(2)7-8-11(15)14-9-16-12-5-3-4-6-13(12)17-14/h3-6,10-11,14H,7-9,15H2,1-2H3. The Morgan fingerprint density at radius 1 is 1.24 bits per heavy atom. The fourth-order valence-electron chi connectivity index (χ4n) is 1.96. The number of para-hydroxylation sites is 2. The average Bonchev–Trinajstić information content (AvgIpc) is 2.35. The van der Waals surface area contributed by atoms with E-state index in [9.17, 15) is 0 Å². The van der Waals surface area contributed by atoms with Crippen LogP contribution in [0.25, 0.3) is 0 Å². The van der Waals surface area contributed by atoms with Crippen LogP contribution in [0.2, 0.25) is 0 Å². The van der Waals surface area contributed by atoms with Crippen molar-refractivity contribution in [1.82, 2.24) is 0 Å². The maximum absolute atomic E-state index is 6.15. The first kappa shape index (κ1) is 12.2. The lowest BCUT2D eigenvalue weighted by Gasteiger charge is -2.30. The van der Waals surface area contributed by atoms with Crippen LogP contribution in [0.3, 0.4) is 0 Å². The van der Waals surface area contributed by atoms with Gasteiger partial charge in [0.05, 0.1) is 0 Å². The molecule has 2 rings (SSSR count). The number of ether oxygens (including phenoxy) is 2. The molecule has 1 aliphatic rings. The van der Waals surface area contributed by atoms with Gasteiger partial charge in [-0.3, -0.25) is 0 Å². The summed E-state index contributed by atoms with van der Waals surface area (Å²) in [5.41, 5.74) is 6.15. The van der Waals surface area contributed by atoms with Crippen molar-refractivity contribution in [2.24, 2.45) is 11.7 Å². The summed E-state index contributed by atoms with van der Waals surface area (Å²) in [7, 11) is 0. The maximum Gasteiger partial charge on any atom is 0.161 e. The van der Waals surface area contributed by atoms with Crippen molar-refractivity contribution in [2.75, 3.05) is 6.61 Å². The third kappa shape index (κ3) is 3.13. The molecular weight excluding hydrogens is 214 g/mol. The second kappa shape index (κ2) is 5.41. The molecule has 0 fully saturated rings. The van der Waals surface area contributed by atoms with Gasteiger partial charge in [-0.15, -0.1) is 0 Å². The summed E-state index contributed by atoms with van der Waals surface area (Å²) in [5.74, 6) is 2.31. The molecule has 3 heteroatoms. The monoisotopic (exact) mass is 235 g/mol. The van der Waals surface area contributed by atoms with Crippen molar-refractivity contribution in [2.45, 2.75) is 38.8 Å². The summed E-state index contributed by atoms with van der Waals surface area (Å²) in [6.45, 7) is 4.97. The molecule has 1 heterocycles. The van der Waals surface area contributed by atoms with Crippen molar-refractivity contribution in [3.8, 4) is 11.5 Å². The quantitative estimate of drug-likeness (QED) is 0.872. The van der Waals surface area contributed by atoms with Crippen LogP contribution in [0.1, 0.15) is 26.7 Å². The first-order valence-corrected chi connectivity index (χ1v) is 6.31. The van der Waals surface area contributed by atoms with Gasteiger partial charge in [-0.1, -0.05) is 26.0 Å². The minimum Gasteiger partial charge on any atom is -0.486 e. The molecule has 2 unspecified atom stereocenters. The second-order valence-electron chi connectivity index (χ2n) is 5.05. The molecule has 0 saturated carbocycles. The summed E-state index contributed by atoms with van der Waals surface area (Å²) in [5, 5.41) is 0. The highest BCUT2D eigenvalue weighted by atomic mass is 16.6. The zero-order valence-electron chi connectivity index (χ0n) is 10.6. The first-order valence-electron chi connectivity index (χ1n) is 6.31. The van der Waals surface area contributed by atoms with Crippen molar-refractivity contribution >= 4 is 0 Å². The Hall–Kier alpha value is -1.22. The van der Waals surface area contributed by atoms with E-state index in [1.165, 1.54) is 0 Å². The van der Waals surface area contributed by atoms with Crippen LogP contribution in [-0.2, 0) is 0 Å². The van der Waals surface area contributed by atoms with Gasteiger partial charge in [-0.2, -0.15) is 0 Å². The third-order valence-corrected chi connectivity index (χ3v) is 3.09. The molecule has 0 radical (unpaired) electrons. The Labute approximate surface area is 103 Å². The Bertz CT molecular complexity index is 365. The van der Waals surface area contributed by atoms with Crippen LogP contribution in [0, 0.1) is 5.92 Å². The van der Waals surface area contributed by atoms with Crippen LogP contribution >= 0.6 is 0 Å². The van der Waals surface area contributed by atoms with Gasteiger partial charge in [0.1, 0.15) is 12.7 Å². The van der Waals surface area contributed by atoms with E-state index in [0.29, 0.717) is 12.5 Å². The predicted octanol–water partition coefficient (Wildman–Crippen LogP) is 2.59. The second-order valence-corrected chi connectivity index (χ2v) is 5.05. The largest absolute Gasteiger partial charge is 0.486 e. The van der Waals surface area contributed by atoms with E-state index in [1.807, 2.05) is 24.3 Å². The molecular formula is C14H21NO2. The van der Waals surface area contributed by atoms with Crippen LogP contribution in [0.4, 0.5) is 0 Å². The normalized spacial score (nSPS) is 20.4. The van der Waals surface area contributed by atoms with E-state index in [0.717, 1.165) is 24.3 Å². The lowest BCUT2D eigenvalue weighted by Crippen LogP contribution is -2.45. The molecule has 0 spiro atoms. The fourth-order valence-corrected chi connectivity index (χ4v) is 1.96. The third-order valence-electron chi connectivity index (χ3n) is 3.09. The van der Waals surface area contributed by atoms with Gasteiger partial charge < -0.3 is 15.2 Å². The first-order chi connectivity index (χ1) is 8.16. The summed E-state index contributed by atoms with van der Waals surface area (Å²) in [6, 6.07) is 7.79. The van der Waals surface area contributed by atoms with Crippen LogP contribution in [-0.4, -0.2) is 18.8 Å². The summed E-state index contributed by atoms with van der Waals surface area (Å²) < 4.78 is 11.5. The van der Waals surface area contributed by atoms with Gasteiger partial charge in [0.2, 0.25) is 0 Å². The predicted molar refractivity (Wildman–Crippen MR) is 68.4 cm³/mol. The molecule has 2 N–H and O–H groups in total. The maximum atomic E-state index is 6.15.